The summed E-state index contributed by atoms with van der Waals surface area (Å²) in [5, 5.41) is 3.92. The van der Waals surface area contributed by atoms with Crippen LogP contribution in [0.15, 0.2) is 140 Å². The SMILES string of the molecule is CC1(C)c2ccccc2-n2c3c(c4cccc1c42)CC(c1ccc(N(c2ccccc2)c2cccc4ccccc24)c2c1C=CCC2)C=C3. The number of allylic oxidation sites excluding steroid dienone is 2. The van der Waals surface area contributed by atoms with E-state index in [0.717, 1.165) is 19.3 Å². The van der Waals surface area contributed by atoms with Crippen molar-refractivity contribution >= 4 is 50.9 Å². The molecular weight excluding hydrogens is 593 g/mol. The highest BCUT2D eigenvalue weighted by Crippen LogP contribution is 2.50. The predicted octanol–water partition coefficient (Wildman–Crippen LogP) is 12.2. The first kappa shape index (κ1) is 28.4. The fraction of sp³-hybridized carbons (Fsp3) is 0.149. The molecule has 0 N–H and O–H groups in total. The van der Waals surface area contributed by atoms with Crippen molar-refractivity contribution in [3.63, 3.8) is 0 Å². The highest BCUT2D eigenvalue weighted by atomic mass is 15.1. The second-order valence-electron chi connectivity index (χ2n) is 14.4. The molecule has 0 radical (unpaired) electrons. The monoisotopic (exact) mass is 630 g/mol. The molecule has 49 heavy (non-hydrogen) atoms. The molecule has 0 amide bonds. The van der Waals surface area contributed by atoms with Crippen LogP contribution in [0.1, 0.15) is 65.3 Å². The highest BCUT2D eigenvalue weighted by Gasteiger charge is 2.37. The van der Waals surface area contributed by atoms with Crippen LogP contribution in [0.5, 0.6) is 0 Å². The number of fused-ring (bicyclic) bond motifs is 7. The molecule has 3 aliphatic rings. The van der Waals surface area contributed by atoms with Crippen molar-refractivity contribution in [2.24, 2.45) is 0 Å². The molecule has 2 heteroatoms. The molecule has 7 aromatic rings. The van der Waals surface area contributed by atoms with Gasteiger partial charge < -0.3 is 9.47 Å². The highest BCUT2D eigenvalue weighted by molar-refractivity contribution is 6.00. The zero-order chi connectivity index (χ0) is 32.7. The maximum Gasteiger partial charge on any atom is 0.0578 e. The molecule has 236 valence electrons. The minimum absolute atomic E-state index is 0.0510. The lowest BCUT2D eigenvalue weighted by atomic mass is 9.74. The van der Waals surface area contributed by atoms with E-state index in [-0.39, 0.29) is 5.41 Å². The second kappa shape index (κ2) is 10.7. The van der Waals surface area contributed by atoms with E-state index < -0.39 is 0 Å². The maximum atomic E-state index is 2.55. The summed E-state index contributed by atoms with van der Waals surface area (Å²) >= 11 is 0. The van der Waals surface area contributed by atoms with Gasteiger partial charge in [-0.2, -0.15) is 0 Å². The summed E-state index contributed by atoms with van der Waals surface area (Å²) in [4.78, 5) is 2.49. The number of nitrogens with zero attached hydrogens (tertiary/aromatic N) is 2. The van der Waals surface area contributed by atoms with Crippen LogP contribution >= 0.6 is 0 Å². The number of hydrogen-bond acceptors (Lipinski definition) is 1. The van der Waals surface area contributed by atoms with E-state index in [2.05, 4.69) is 175 Å². The third kappa shape index (κ3) is 4.13. The Bertz CT molecular complexity index is 2500. The van der Waals surface area contributed by atoms with Crippen LogP contribution in [0.4, 0.5) is 17.1 Å². The van der Waals surface area contributed by atoms with Crippen molar-refractivity contribution < 1.29 is 0 Å². The van der Waals surface area contributed by atoms with Gasteiger partial charge in [-0.3, -0.25) is 0 Å². The Morgan fingerprint density at radius 3 is 2.33 bits per heavy atom. The molecule has 2 nitrogen and oxygen atoms in total. The molecule has 10 rings (SSSR count). The van der Waals surface area contributed by atoms with E-state index in [1.54, 1.807) is 0 Å². The molecule has 1 aromatic heterocycles. The Kier molecular flexibility index (Phi) is 6.21. The number of benzene rings is 6. The van der Waals surface area contributed by atoms with Gasteiger partial charge >= 0.3 is 0 Å². The van der Waals surface area contributed by atoms with Gasteiger partial charge in [-0.1, -0.05) is 129 Å². The van der Waals surface area contributed by atoms with Gasteiger partial charge in [0.1, 0.15) is 0 Å². The summed E-state index contributed by atoms with van der Waals surface area (Å²) < 4.78 is 2.55. The van der Waals surface area contributed by atoms with Crippen molar-refractivity contribution in [3.8, 4) is 5.69 Å². The second-order valence-corrected chi connectivity index (χ2v) is 14.4. The predicted molar refractivity (Wildman–Crippen MR) is 207 cm³/mol. The van der Waals surface area contributed by atoms with Crippen molar-refractivity contribution in [1.29, 1.82) is 0 Å². The van der Waals surface area contributed by atoms with Crippen LogP contribution in [0.25, 0.3) is 39.5 Å². The molecule has 6 aromatic carbocycles. The fourth-order valence-corrected chi connectivity index (χ4v) is 9.10. The van der Waals surface area contributed by atoms with Gasteiger partial charge in [-0.25, -0.2) is 0 Å². The molecular formula is C47H38N2. The van der Waals surface area contributed by atoms with Crippen LogP contribution in [0.2, 0.25) is 0 Å². The molecule has 0 bridgehead atoms. The largest absolute Gasteiger partial charge is 0.310 e. The lowest BCUT2D eigenvalue weighted by Crippen LogP contribution is -2.26. The number of hydrogen-bond donors (Lipinski definition) is 0. The molecule has 0 spiro atoms. The first-order valence-electron chi connectivity index (χ1n) is 17.7. The summed E-state index contributed by atoms with van der Waals surface area (Å²) in [6, 6.07) is 47.1. The Morgan fingerprint density at radius 2 is 1.41 bits per heavy atom. The van der Waals surface area contributed by atoms with Crippen molar-refractivity contribution in [2.75, 3.05) is 4.90 Å². The fourth-order valence-electron chi connectivity index (χ4n) is 9.10. The molecule has 0 saturated heterocycles. The van der Waals surface area contributed by atoms with Crippen LogP contribution in [-0.2, 0) is 18.3 Å². The maximum absolute atomic E-state index is 2.55. The lowest BCUT2D eigenvalue weighted by molar-refractivity contribution is 0.628. The van der Waals surface area contributed by atoms with E-state index in [9.17, 15) is 0 Å². The van der Waals surface area contributed by atoms with E-state index >= 15 is 0 Å². The van der Waals surface area contributed by atoms with E-state index in [1.165, 1.54) is 83.5 Å². The van der Waals surface area contributed by atoms with Crippen LogP contribution in [0.3, 0.4) is 0 Å². The van der Waals surface area contributed by atoms with Crippen LogP contribution < -0.4 is 4.90 Å². The molecule has 2 aliphatic carbocycles. The van der Waals surface area contributed by atoms with Crippen molar-refractivity contribution in [3.05, 3.63) is 179 Å². The number of aromatic nitrogens is 1. The summed E-state index contributed by atoms with van der Waals surface area (Å²) in [5.74, 6) is 0.299. The van der Waals surface area contributed by atoms with Crippen molar-refractivity contribution in [1.82, 2.24) is 4.57 Å². The summed E-state index contributed by atoms with van der Waals surface area (Å²) in [6.45, 7) is 4.76. The first-order chi connectivity index (χ1) is 24.1. The van der Waals surface area contributed by atoms with E-state index in [0.29, 0.717) is 5.92 Å². The van der Waals surface area contributed by atoms with Crippen molar-refractivity contribution in [2.45, 2.75) is 44.4 Å². The van der Waals surface area contributed by atoms with Gasteiger partial charge in [-0.05, 0) is 94.4 Å². The number of para-hydroxylation sites is 3. The standard InChI is InChI=1S/C47H38N2/c1-47(2)40-22-10-11-24-45(40)49-44-28-26-32(30-39(44)38-21-13-23-41(47)46(38)49)34-27-29-43(37-20-9-8-19-36(34)37)48(33-16-4-3-5-17-33)42-25-12-15-31-14-6-7-18-35(31)42/h3-8,10-19,21-29,32H,9,20,30H2,1-2H3. The third-order valence-corrected chi connectivity index (χ3v) is 11.4. The summed E-state index contributed by atoms with van der Waals surface area (Å²) in [6.07, 6.45) is 12.7. The molecule has 1 aliphatic heterocycles. The zero-order valence-electron chi connectivity index (χ0n) is 28.0. The topological polar surface area (TPSA) is 8.17 Å². The lowest BCUT2D eigenvalue weighted by Gasteiger charge is -2.35. The van der Waals surface area contributed by atoms with Gasteiger partial charge in [0, 0.05) is 39.2 Å². The summed E-state index contributed by atoms with van der Waals surface area (Å²) in [5.41, 5.74) is 16.2. The zero-order valence-corrected chi connectivity index (χ0v) is 28.0. The van der Waals surface area contributed by atoms with Crippen LogP contribution in [0, 0.1) is 0 Å². The van der Waals surface area contributed by atoms with Gasteiger partial charge in [-0.15, -0.1) is 0 Å². The van der Waals surface area contributed by atoms with Gasteiger partial charge in [0.2, 0.25) is 0 Å². The quantitative estimate of drug-likeness (QED) is 0.188. The molecule has 0 saturated carbocycles. The van der Waals surface area contributed by atoms with E-state index in [1.807, 2.05) is 0 Å². The van der Waals surface area contributed by atoms with Gasteiger partial charge in [0.15, 0.2) is 0 Å². The Hall–Kier alpha value is -5.60. The van der Waals surface area contributed by atoms with Gasteiger partial charge in [0.25, 0.3) is 0 Å². The minimum Gasteiger partial charge on any atom is -0.310 e. The van der Waals surface area contributed by atoms with Gasteiger partial charge in [0.05, 0.1) is 16.9 Å². The number of rotatable bonds is 4. The molecule has 0 fully saturated rings. The van der Waals surface area contributed by atoms with Crippen LogP contribution in [-0.4, -0.2) is 4.57 Å². The normalized spacial score (nSPS) is 16.7. The molecule has 2 heterocycles. The minimum atomic E-state index is -0.0510. The van der Waals surface area contributed by atoms with E-state index in [4.69, 9.17) is 0 Å². The smallest absolute Gasteiger partial charge is 0.0578 e. The average Bonchev–Trinajstić information content (AvgIpc) is 3.49. The Labute approximate surface area is 288 Å². The summed E-state index contributed by atoms with van der Waals surface area (Å²) in [7, 11) is 0. The average molecular weight is 631 g/mol. The Morgan fingerprint density at radius 1 is 0.653 bits per heavy atom. The third-order valence-electron chi connectivity index (χ3n) is 11.4. The number of anilines is 3. The molecule has 1 atom stereocenters. The Balaban J connectivity index is 1.13. The first-order valence-corrected chi connectivity index (χ1v) is 17.7. The molecule has 1 unspecified atom stereocenters.